The Bertz CT molecular complexity index is 395. The Hall–Kier alpha value is 0.130. The largest absolute Gasteiger partial charge is 1.00 e. The van der Waals surface area contributed by atoms with Crippen LogP contribution in [0.2, 0.25) is 0 Å². The third kappa shape index (κ3) is 5.68. The Morgan fingerprint density at radius 3 is 2.00 bits per heavy atom. The first-order valence-electron chi connectivity index (χ1n) is 4.41. The van der Waals surface area contributed by atoms with Gasteiger partial charge in [0.25, 0.3) is 0 Å². The molecule has 15 heavy (non-hydrogen) atoms. The summed E-state index contributed by atoms with van der Waals surface area (Å²) in [7, 11) is -4.16. The van der Waals surface area contributed by atoms with Crippen LogP contribution in [0, 0.1) is 0 Å². The van der Waals surface area contributed by atoms with Crippen LogP contribution in [0.5, 0.6) is 0 Å². The van der Waals surface area contributed by atoms with E-state index in [1.165, 1.54) is 0 Å². The van der Waals surface area contributed by atoms with Crippen molar-refractivity contribution in [1.82, 2.24) is 0 Å². The van der Waals surface area contributed by atoms with Gasteiger partial charge < -0.3 is 4.55 Å². The molecule has 0 spiro atoms. The number of hydrogen-bond donors (Lipinski definition) is 0. The van der Waals surface area contributed by atoms with Crippen LogP contribution in [-0.4, -0.2) is 13.0 Å². The van der Waals surface area contributed by atoms with Crippen molar-refractivity contribution in [3.05, 3.63) is 35.4 Å². The van der Waals surface area contributed by atoms with Crippen molar-refractivity contribution >= 4 is 10.1 Å². The summed E-state index contributed by atoms with van der Waals surface area (Å²) >= 11 is 0. The second-order valence-corrected chi connectivity index (χ2v) is 5.00. The van der Waals surface area contributed by atoms with Gasteiger partial charge in [0.15, 0.2) is 0 Å². The van der Waals surface area contributed by atoms with E-state index in [1.807, 2.05) is 12.1 Å². The number of hydrogen-bond acceptors (Lipinski definition) is 3. The first kappa shape index (κ1) is 15.1. The first-order chi connectivity index (χ1) is 6.38. The van der Waals surface area contributed by atoms with Crippen molar-refractivity contribution in [2.45, 2.75) is 25.5 Å². The molecule has 0 N–H and O–H groups in total. The molecule has 0 atom stereocenters. The van der Waals surface area contributed by atoms with Crippen LogP contribution >= 0.6 is 0 Å². The summed E-state index contributed by atoms with van der Waals surface area (Å²) in [4.78, 5) is 0. The van der Waals surface area contributed by atoms with Gasteiger partial charge in [-0.1, -0.05) is 38.1 Å². The maximum Gasteiger partial charge on any atom is 1.00 e. The summed E-state index contributed by atoms with van der Waals surface area (Å²) in [6.07, 6.45) is 0. The Balaban J connectivity index is 0.00000196. The summed E-state index contributed by atoms with van der Waals surface area (Å²) in [5.41, 5.74) is 1.68. The Labute approximate surface area is 113 Å². The van der Waals surface area contributed by atoms with E-state index in [-0.39, 0.29) is 29.6 Å². The standard InChI is InChI=1S/C10H14O3S.Na/c1-8(2)10-5-3-9(4-6-10)7-14(11,12)13;/h3-6,8H,7H2,1-2H3,(H,11,12,13);/q;+1/p-1. The van der Waals surface area contributed by atoms with Gasteiger partial charge in [-0.3, -0.25) is 0 Å². The molecule has 0 aliphatic heterocycles. The van der Waals surface area contributed by atoms with Crippen molar-refractivity contribution in [2.75, 3.05) is 0 Å². The van der Waals surface area contributed by atoms with E-state index in [4.69, 9.17) is 0 Å². The summed E-state index contributed by atoms with van der Waals surface area (Å²) in [6, 6.07) is 7.08. The fourth-order valence-corrected chi connectivity index (χ4v) is 1.80. The summed E-state index contributed by atoms with van der Waals surface area (Å²) in [6.45, 7) is 4.11. The van der Waals surface area contributed by atoms with Gasteiger partial charge in [-0.05, 0) is 17.0 Å². The van der Waals surface area contributed by atoms with Gasteiger partial charge in [-0.25, -0.2) is 8.42 Å². The Morgan fingerprint density at radius 1 is 1.20 bits per heavy atom. The monoisotopic (exact) mass is 236 g/mol. The first-order valence-corrected chi connectivity index (χ1v) is 5.98. The fraction of sp³-hybridized carbons (Fsp3) is 0.400. The molecule has 0 unspecified atom stereocenters. The molecule has 0 radical (unpaired) electrons. The summed E-state index contributed by atoms with van der Waals surface area (Å²) < 4.78 is 31.4. The number of benzene rings is 1. The molecule has 1 aromatic rings. The van der Waals surface area contributed by atoms with Crippen LogP contribution in [0.1, 0.15) is 30.9 Å². The average molecular weight is 236 g/mol. The van der Waals surface area contributed by atoms with Crippen LogP contribution in [0.25, 0.3) is 0 Å². The van der Waals surface area contributed by atoms with Crippen molar-refractivity contribution in [1.29, 1.82) is 0 Å². The predicted octanol–water partition coefficient (Wildman–Crippen LogP) is -1.14. The van der Waals surface area contributed by atoms with E-state index in [1.54, 1.807) is 12.1 Å². The minimum atomic E-state index is -4.16. The molecule has 1 rings (SSSR count). The Morgan fingerprint density at radius 2 is 1.67 bits per heavy atom. The van der Waals surface area contributed by atoms with E-state index >= 15 is 0 Å². The van der Waals surface area contributed by atoms with Crippen LogP contribution in [0.15, 0.2) is 24.3 Å². The maximum atomic E-state index is 10.5. The van der Waals surface area contributed by atoms with Gasteiger partial charge in [0.05, 0.1) is 15.9 Å². The van der Waals surface area contributed by atoms with E-state index in [0.717, 1.165) is 5.56 Å². The molecule has 0 saturated carbocycles. The SMILES string of the molecule is CC(C)c1ccc(CS(=O)(=O)[O-])cc1.[Na+]. The quantitative estimate of drug-likeness (QED) is 0.492. The van der Waals surface area contributed by atoms with Gasteiger partial charge in [0.1, 0.15) is 0 Å². The Kier molecular flexibility index (Phi) is 6.06. The summed E-state index contributed by atoms with van der Waals surface area (Å²) in [5.74, 6) is -0.0151. The molecule has 0 aromatic heterocycles. The topological polar surface area (TPSA) is 57.2 Å². The molecule has 1 aromatic carbocycles. The van der Waals surface area contributed by atoms with Crippen LogP contribution in [0.4, 0.5) is 0 Å². The van der Waals surface area contributed by atoms with Crippen molar-refractivity contribution < 1.29 is 42.5 Å². The second kappa shape index (κ2) is 6.01. The second-order valence-electron chi connectivity index (χ2n) is 3.60. The molecule has 0 aliphatic carbocycles. The molecule has 3 nitrogen and oxygen atoms in total. The zero-order valence-corrected chi connectivity index (χ0v) is 12.0. The van der Waals surface area contributed by atoms with Crippen LogP contribution < -0.4 is 29.6 Å². The van der Waals surface area contributed by atoms with Gasteiger partial charge in [-0.2, -0.15) is 0 Å². The normalized spacial score (nSPS) is 11.2. The molecule has 0 fully saturated rings. The van der Waals surface area contributed by atoms with E-state index < -0.39 is 15.9 Å². The zero-order valence-electron chi connectivity index (χ0n) is 9.23. The predicted molar refractivity (Wildman–Crippen MR) is 53.9 cm³/mol. The maximum absolute atomic E-state index is 10.5. The molecule has 0 amide bonds. The fourth-order valence-electron chi connectivity index (χ4n) is 1.20. The van der Waals surface area contributed by atoms with E-state index in [9.17, 15) is 13.0 Å². The smallest absolute Gasteiger partial charge is 0.748 e. The van der Waals surface area contributed by atoms with Crippen molar-refractivity contribution in [3.8, 4) is 0 Å². The molecule has 0 aliphatic rings. The molecule has 78 valence electrons. The van der Waals surface area contributed by atoms with Gasteiger partial charge in [-0.15, -0.1) is 0 Å². The van der Waals surface area contributed by atoms with Gasteiger partial charge >= 0.3 is 29.6 Å². The third-order valence-corrected chi connectivity index (χ3v) is 2.68. The third-order valence-electron chi connectivity index (χ3n) is 1.99. The van der Waals surface area contributed by atoms with Crippen molar-refractivity contribution in [3.63, 3.8) is 0 Å². The summed E-state index contributed by atoms with van der Waals surface area (Å²) in [5, 5.41) is 0. The van der Waals surface area contributed by atoms with Crippen molar-refractivity contribution in [2.24, 2.45) is 0 Å². The molecular weight excluding hydrogens is 223 g/mol. The molecule has 0 bridgehead atoms. The van der Waals surface area contributed by atoms with E-state index in [0.29, 0.717) is 11.5 Å². The van der Waals surface area contributed by atoms with Crippen LogP contribution in [-0.2, 0) is 15.9 Å². The number of rotatable bonds is 3. The molecule has 0 heterocycles. The average Bonchev–Trinajstić information content (AvgIpc) is 2.02. The minimum absolute atomic E-state index is 0. The van der Waals surface area contributed by atoms with Gasteiger partial charge in [0.2, 0.25) is 0 Å². The zero-order chi connectivity index (χ0) is 10.8. The van der Waals surface area contributed by atoms with Gasteiger partial charge in [0, 0.05) is 0 Å². The minimum Gasteiger partial charge on any atom is -0.748 e. The molecule has 5 heteroatoms. The molecule has 0 saturated heterocycles. The molecular formula is C10H13NaO3S. The van der Waals surface area contributed by atoms with Crippen LogP contribution in [0.3, 0.4) is 0 Å². The van der Waals surface area contributed by atoms with E-state index in [2.05, 4.69) is 13.8 Å².